The molecule has 0 spiro atoms. The molecule has 5 atom stereocenters. The Morgan fingerprint density at radius 2 is 0.937 bits per heavy atom. The van der Waals surface area contributed by atoms with E-state index in [-0.39, 0.29) is 119 Å². The van der Waals surface area contributed by atoms with E-state index in [1.807, 2.05) is 13.6 Å². The Morgan fingerprint density at radius 3 is 1.27 bits per heavy atom. The number of carbonyl (C=O) groups is 4. The van der Waals surface area contributed by atoms with Crippen LogP contribution in [0.3, 0.4) is 0 Å². The number of phosphoric ester groups is 1. The van der Waals surface area contributed by atoms with Gasteiger partial charge in [-0.05, 0) is 149 Å². The van der Waals surface area contributed by atoms with Gasteiger partial charge in [-0.3, -0.25) is 9.59 Å². The number of hydrogen-bond donors (Lipinski definition) is 4. The number of rotatable bonds is 16. The van der Waals surface area contributed by atoms with Crippen molar-refractivity contribution >= 4 is 64.3 Å². The second-order valence-electron chi connectivity index (χ2n) is 21.1. The van der Waals surface area contributed by atoms with Crippen LogP contribution in [-0.2, 0) is 40.9 Å². The van der Waals surface area contributed by atoms with E-state index < -0.39 is 21.5 Å². The van der Waals surface area contributed by atoms with E-state index in [4.69, 9.17) is 24.1 Å². The first-order chi connectivity index (χ1) is 36.3. The van der Waals surface area contributed by atoms with Gasteiger partial charge in [0.25, 0.3) is 11.8 Å². The van der Waals surface area contributed by atoms with E-state index in [0.29, 0.717) is 99.1 Å². The molecule has 6 fully saturated rings. The summed E-state index contributed by atoms with van der Waals surface area (Å²) in [5.74, 6) is 4.81. The van der Waals surface area contributed by atoms with E-state index in [1.54, 1.807) is 12.4 Å². The predicted octanol–water partition coefficient (Wildman–Crippen LogP) is -3.91. The summed E-state index contributed by atoms with van der Waals surface area (Å²) in [5, 5.41) is 12.9. The molecule has 2 saturated heterocycles. The largest absolute Gasteiger partial charge is 1.00 e. The summed E-state index contributed by atoms with van der Waals surface area (Å²) in [4.78, 5) is 98.7. The minimum atomic E-state index is -5.01. The molecule has 4 saturated carbocycles. The topological polar surface area (TPSA) is 296 Å². The van der Waals surface area contributed by atoms with E-state index in [1.165, 1.54) is 35.1 Å². The maximum Gasteiger partial charge on any atom is 1.00 e. The van der Waals surface area contributed by atoms with Crippen molar-refractivity contribution in [1.82, 2.24) is 30.6 Å². The zero-order chi connectivity index (χ0) is 54.9. The molecular formula is C53H71N10Na3O11P2. The third-order valence-electron chi connectivity index (χ3n) is 15.3. The maximum absolute atomic E-state index is 13.3. The molecule has 5 unspecified atom stereocenters. The minimum absolute atomic E-state index is 0. The predicted molar refractivity (Wildman–Crippen MR) is 283 cm³/mol. The normalized spacial score (nSPS) is 23.8. The number of hydrogen-bond acceptors (Lipinski definition) is 19. The number of benzene rings is 2. The van der Waals surface area contributed by atoms with Crippen molar-refractivity contribution < 1.29 is 141 Å². The van der Waals surface area contributed by atoms with Crippen molar-refractivity contribution in [1.29, 1.82) is 0 Å². The number of fused-ring (bicyclic) bond motifs is 2. The Balaban J connectivity index is 0.000000309. The first-order valence-electron chi connectivity index (χ1n) is 26.0. The minimum Gasteiger partial charge on any atom is -0.790 e. The molecule has 2 amide bonds. The maximum atomic E-state index is 13.3. The molecule has 0 radical (unpaired) electrons. The van der Waals surface area contributed by atoms with Gasteiger partial charge in [0.2, 0.25) is 11.9 Å². The van der Waals surface area contributed by atoms with Gasteiger partial charge in [0, 0.05) is 70.4 Å². The SMILES string of the molecule is C=O.C=O.Cc1ccc(CNc2nc(N3CC4CC4C3)ncc2C(=O)NC2CCC(OP(=O)([O-])[O-])CC2)cc1C.Cc1ccc(CNc2nc(N3CC4CC4C3)ncc2C(=O)NC2CCC(OP(C)(=O)[O-])CC2)cc1C.[Na+].[Na+].[Na+]. The molecule has 6 aliphatic rings. The first-order valence-corrected chi connectivity index (χ1v) is 29.4. The van der Waals surface area contributed by atoms with Gasteiger partial charge in [0.05, 0.1) is 20.0 Å². The molecule has 4 aliphatic carbocycles. The zero-order valence-corrected chi connectivity index (χ0v) is 54.8. The average Bonchev–Trinajstić information content (AvgIpc) is 4.23. The Hall–Kier alpha value is -2.66. The van der Waals surface area contributed by atoms with Crippen molar-refractivity contribution in [2.75, 3.05) is 53.3 Å². The summed E-state index contributed by atoms with van der Waals surface area (Å²) in [6.45, 7) is 18.4. The van der Waals surface area contributed by atoms with Crippen LogP contribution in [0.25, 0.3) is 0 Å². The molecule has 79 heavy (non-hydrogen) atoms. The average molecular weight is 1160 g/mol. The van der Waals surface area contributed by atoms with Crippen LogP contribution in [0.5, 0.6) is 0 Å². The Labute approximate surface area is 530 Å². The van der Waals surface area contributed by atoms with Crippen LogP contribution in [0, 0.1) is 51.4 Å². The van der Waals surface area contributed by atoms with Crippen LogP contribution < -0.4 is 134 Å². The van der Waals surface area contributed by atoms with Crippen molar-refractivity contribution in [3.63, 3.8) is 0 Å². The molecule has 4 aromatic rings. The standard InChI is InChI=1S/C26H36N5O4P.C25H34N5O5P.2CH2O.3Na/c1-16-4-5-18(10-17(16)2)12-27-24-23(13-28-26(30-24)31-14-19-11-20(19)15-31)25(32)29-21-6-8-22(9-7-21)35-36(3,33)34;1-15-3-4-17(9-16(15)2)11-26-23-22(12-27-25(29-23)30-13-18-10-19(18)14-30)24(31)28-20-5-7-21(8-6-20)35-36(32,33)34;2*1-2;;;/h4-5,10,13,19-22H,6-9,11-12,14-15H2,1-3H3,(H,29,32)(H,33,34)(H,27,28,30);3-4,9,12,18-21H,5-8,10-11,13-14H2,1-2H3,(H,28,31)(H,26,27,29)(H2,32,33,34);2*1H2;;;/q;;;;3*+1/p-3. The number of amides is 2. The molecule has 26 heteroatoms. The van der Waals surface area contributed by atoms with Crippen molar-refractivity contribution in [2.45, 2.75) is 129 Å². The van der Waals surface area contributed by atoms with Gasteiger partial charge in [-0.25, -0.2) is 9.97 Å². The molecule has 0 bridgehead atoms. The first kappa shape index (κ1) is 68.8. The van der Waals surface area contributed by atoms with Gasteiger partial charge in [0.1, 0.15) is 43.9 Å². The molecule has 10 rings (SSSR count). The number of aromatic nitrogens is 4. The second-order valence-corrected chi connectivity index (χ2v) is 23.9. The summed E-state index contributed by atoms with van der Waals surface area (Å²) >= 11 is 0. The molecule has 4 heterocycles. The van der Waals surface area contributed by atoms with Crippen LogP contribution in [0.4, 0.5) is 23.5 Å². The third-order valence-corrected chi connectivity index (χ3v) is 16.5. The monoisotopic (exact) mass is 1150 g/mol. The van der Waals surface area contributed by atoms with Crippen LogP contribution in [0.2, 0.25) is 0 Å². The van der Waals surface area contributed by atoms with Gasteiger partial charge < -0.3 is 73.5 Å². The number of nitrogens with one attached hydrogen (secondary N) is 4. The summed E-state index contributed by atoms with van der Waals surface area (Å²) in [6.07, 6.45) is 9.21. The second kappa shape index (κ2) is 31.3. The summed E-state index contributed by atoms with van der Waals surface area (Å²) in [6, 6.07) is 12.4. The van der Waals surface area contributed by atoms with Gasteiger partial charge in [-0.2, -0.15) is 9.97 Å². The van der Waals surface area contributed by atoms with Crippen LogP contribution >= 0.6 is 15.4 Å². The summed E-state index contributed by atoms with van der Waals surface area (Å²) in [7, 11) is -8.76. The number of nitrogens with zero attached hydrogens (tertiary/aromatic N) is 6. The fourth-order valence-corrected chi connectivity index (χ4v) is 11.9. The quantitative estimate of drug-likeness (QED) is 0.0616. The number of piperidine rings is 2. The van der Waals surface area contributed by atoms with Crippen LogP contribution in [0.1, 0.15) is 118 Å². The molecule has 4 N–H and O–H groups in total. The van der Waals surface area contributed by atoms with Crippen molar-refractivity contribution in [3.05, 3.63) is 93.3 Å². The van der Waals surface area contributed by atoms with Crippen LogP contribution in [0.15, 0.2) is 48.8 Å². The smallest absolute Gasteiger partial charge is 0.790 e. The van der Waals surface area contributed by atoms with Gasteiger partial charge >= 0.3 is 88.7 Å². The number of phosphoric acid groups is 1. The van der Waals surface area contributed by atoms with E-state index in [2.05, 4.69) is 110 Å². The number of aryl methyl sites for hydroxylation is 4. The molecular weight excluding hydrogens is 1080 g/mol. The zero-order valence-electron chi connectivity index (χ0n) is 47.0. The molecule has 2 aromatic heterocycles. The Bertz CT molecular complexity index is 2580. The van der Waals surface area contributed by atoms with E-state index >= 15 is 0 Å². The van der Waals surface area contributed by atoms with E-state index in [9.17, 15) is 33.4 Å². The number of carbonyl (C=O) groups excluding carboxylic acids is 4. The third kappa shape index (κ3) is 20.3. The molecule has 412 valence electrons. The Morgan fingerprint density at radius 1 is 0.582 bits per heavy atom. The van der Waals surface area contributed by atoms with Crippen molar-refractivity contribution in [3.8, 4) is 0 Å². The summed E-state index contributed by atoms with van der Waals surface area (Å²) in [5.41, 5.74) is 7.91. The van der Waals surface area contributed by atoms with E-state index in [0.717, 1.165) is 67.6 Å². The number of anilines is 4. The molecule has 21 nitrogen and oxygen atoms in total. The van der Waals surface area contributed by atoms with Gasteiger partial charge in [0.15, 0.2) is 0 Å². The fraction of sp³-hybridized carbons (Fsp3) is 0.547. The van der Waals surface area contributed by atoms with Crippen molar-refractivity contribution in [2.24, 2.45) is 23.7 Å². The Kier molecular flexibility index (Phi) is 27.3. The molecule has 2 aromatic carbocycles. The van der Waals surface area contributed by atoms with Gasteiger partial charge in [-0.1, -0.05) is 36.4 Å². The van der Waals surface area contributed by atoms with Gasteiger partial charge in [-0.15, -0.1) is 0 Å². The van der Waals surface area contributed by atoms with Crippen LogP contribution in [-0.4, -0.2) is 102 Å². The summed E-state index contributed by atoms with van der Waals surface area (Å²) < 4.78 is 32.1. The fourth-order valence-electron chi connectivity index (χ4n) is 10.6. The molecule has 2 aliphatic heterocycles.